The van der Waals surface area contributed by atoms with Gasteiger partial charge in [-0.15, -0.1) is 0 Å². The van der Waals surface area contributed by atoms with Gasteiger partial charge in [-0.3, -0.25) is 9.55 Å². The summed E-state index contributed by atoms with van der Waals surface area (Å²) in [6.07, 6.45) is 6.27. The fourth-order valence-corrected chi connectivity index (χ4v) is 3.00. The summed E-state index contributed by atoms with van der Waals surface area (Å²) < 4.78 is 1.73. The number of imidazole rings is 1. The van der Waals surface area contributed by atoms with Gasteiger partial charge in [-0.25, -0.2) is 4.79 Å². The van der Waals surface area contributed by atoms with Crippen molar-refractivity contribution in [1.29, 1.82) is 0 Å². The number of anilines is 1. The molecule has 1 aromatic carbocycles. The fourth-order valence-electron chi connectivity index (χ4n) is 3.00. The Morgan fingerprint density at radius 2 is 1.85 bits per heavy atom. The Kier molecular flexibility index (Phi) is 3.63. The van der Waals surface area contributed by atoms with Crippen LogP contribution in [0.15, 0.2) is 35.1 Å². The molecule has 1 saturated carbocycles. The quantitative estimate of drug-likeness (QED) is 0.900. The molecule has 0 spiro atoms. The van der Waals surface area contributed by atoms with Crippen LogP contribution in [0.4, 0.5) is 5.82 Å². The topological polar surface area (TPSA) is 49.8 Å². The van der Waals surface area contributed by atoms with Gasteiger partial charge in [0.05, 0.1) is 11.4 Å². The molecule has 0 amide bonds. The van der Waals surface area contributed by atoms with Gasteiger partial charge in [0, 0.05) is 6.04 Å². The first-order valence-electron chi connectivity index (χ1n) is 7.39. The van der Waals surface area contributed by atoms with Gasteiger partial charge >= 0.3 is 5.69 Å². The zero-order chi connectivity index (χ0) is 13.9. The third kappa shape index (κ3) is 2.50. The number of hydrogen-bond donors (Lipinski definition) is 2. The summed E-state index contributed by atoms with van der Waals surface area (Å²) >= 11 is 0. The highest BCUT2D eigenvalue weighted by Crippen LogP contribution is 2.22. The molecule has 0 bridgehead atoms. The SMILES string of the molecule is Cc1c(NC2CCCCC2)[nH]c(=O)n1-c1ccccc1. The standard InChI is InChI=1S/C16H21N3O/c1-12-15(17-13-8-4-2-5-9-13)18-16(20)19(12)14-10-6-3-7-11-14/h3,6-7,10-11,13,17H,2,4-5,8-9H2,1H3,(H,18,20). The van der Waals surface area contributed by atoms with Crippen LogP contribution in [0.2, 0.25) is 0 Å². The lowest BCUT2D eigenvalue weighted by Gasteiger charge is -2.23. The molecule has 2 N–H and O–H groups in total. The minimum absolute atomic E-state index is 0.0768. The van der Waals surface area contributed by atoms with E-state index in [0.29, 0.717) is 6.04 Å². The second-order valence-corrected chi connectivity index (χ2v) is 5.54. The molecular weight excluding hydrogens is 250 g/mol. The summed E-state index contributed by atoms with van der Waals surface area (Å²) in [5.74, 6) is 0.866. The van der Waals surface area contributed by atoms with E-state index in [1.54, 1.807) is 4.57 Å². The summed E-state index contributed by atoms with van der Waals surface area (Å²) in [6, 6.07) is 10.2. The number of hydrogen-bond acceptors (Lipinski definition) is 2. The van der Waals surface area contributed by atoms with Crippen molar-refractivity contribution in [3.8, 4) is 5.69 Å². The molecule has 2 aromatic rings. The average Bonchev–Trinajstić information content (AvgIpc) is 2.75. The van der Waals surface area contributed by atoms with E-state index < -0.39 is 0 Å². The fraction of sp³-hybridized carbons (Fsp3) is 0.438. The summed E-state index contributed by atoms with van der Waals surface area (Å²) in [4.78, 5) is 15.1. The Morgan fingerprint density at radius 1 is 1.15 bits per heavy atom. The Morgan fingerprint density at radius 3 is 2.55 bits per heavy atom. The highest BCUT2D eigenvalue weighted by molar-refractivity contribution is 5.46. The predicted molar refractivity (Wildman–Crippen MR) is 81.6 cm³/mol. The third-order valence-corrected chi connectivity index (χ3v) is 4.10. The molecule has 0 unspecified atom stereocenters. The van der Waals surface area contributed by atoms with E-state index in [1.165, 1.54) is 32.1 Å². The summed E-state index contributed by atoms with van der Waals surface area (Å²) in [5, 5.41) is 3.50. The molecule has 4 heteroatoms. The van der Waals surface area contributed by atoms with Crippen LogP contribution in [0.3, 0.4) is 0 Å². The van der Waals surface area contributed by atoms with E-state index in [0.717, 1.165) is 17.2 Å². The summed E-state index contributed by atoms with van der Waals surface area (Å²) in [7, 11) is 0. The van der Waals surface area contributed by atoms with Crippen LogP contribution in [0, 0.1) is 6.92 Å². The minimum atomic E-state index is -0.0768. The van der Waals surface area contributed by atoms with E-state index in [-0.39, 0.29) is 5.69 Å². The van der Waals surface area contributed by atoms with Crippen molar-refractivity contribution in [2.45, 2.75) is 45.1 Å². The second kappa shape index (κ2) is 5.57. The number of nitrogens with zero attached hydrogens (tertiary/aromatic N) is 1. The number of aromatic nitrogens is 2. The molecule has 0 radical (unpaired) electrons. The van der Waals surface area contributed by atoms with Crippen LogP contribution >= 0.6 is 0 Å². The van der Waals surface area contributed by atoms with Crippen LogP contribution in [-0.2, 0) is 0 Å². The van der Waals surface area contributed by atoms with Crippen molar-refractivity contribution in [2.75, 3.05) is 5.32 Å². The Balaban J connectivity index is 1.89. The highest BCUT2D eigenvalue weighted by Gasteiger charge is 2.17. The van der Waals surface area contributed by atoms with Gasteiger partial charge < -0.3 is 5.32 Å². The molecule has 0 atom stereocenters. The largest absolute Gasteiger partial charge is 0.367 e. The molecule has 1 heterocycles. The minimum Gasteiger partial charge on any atom is -0.367 e. The molecule has 1 aliphatic rings. The van der Waals surface area contributed by atoms with Crippen molar-refractivity contribution in [3.05, 3.63) is 46.5 Å². The molecule has 1 aromatic heterocycles. The first-order chi connectivity index (χ1) is 9.75. The van der Waals surface area contributed by atoms with Crippen molar-refractivity contribution in [1.82, 2.24) is 9.55 Å². The van der Waals surface area contributed by atoms with Crippen molar-refractivity contribution in [3.63, 3.8) is 0 Å². The lowest BCUT2D eigenvalue weighted by atomic mass is 9.95. The number of benzene rings is 1. The van der Waals surface area contributed by atoms with Gasteiger partial charge in [-0.2, -0.15) is 0 Å². The Labute approximate surface area is 118 Å². The first-order valence-corrected chi connectivity index (χ1v) is 7.39. The number of H-pyrrole nitrogens is 1. The van der Waals surface area contributed by atoms with Crippen LogP contribution in [0.5, 0.6) is 0 Å². The normalized spacial score (nSPS) is 16.2. The zero-order valence-corrected chi connectivity index (χ0v) is 11.9. The number of rotatable bonds is 3. The van der Waals surface area contributed by atoms with Gasteiger partial charge in [0.2, 0.25) is 0 Å². The smallest absolute Gasteiger partial charge is 0.331 e. The molecular formula is C16H21N3O. The van der Waals surface area contributed by atoms with Crippen LogP contribution in [0.25, 0.3) is 5.69 Å². The zero-order valence-electron chi connectivity index (χ0n) is 11.9. The predicted octanol–water partition coefficient (Wildman–Crippen LogP) is 3.22. The van der Waals surface area contributed by atoms with Crippen molar-refractivity contribution < 1.29 is 0 Å². The summed E-state index contributed by atoms with van der Waals surface area (Å²) in [5.41, 5.74) is 1.78. The number of aromatic amines is 1. The maximum atomic E-state index is 12.2. The molecule has 0 saturated heterocycles. The molecule has 1 aliphatic carbocycles. The van der Waals surface area contributed by atoms with Gasteiger partial charge in [-0.1, -0.05) is 37.5 Å². The van der Waals surface area contributed by atoms with E-state index in [1.807, 2.05) is 37.3 Å². The molecule has 1 fully saturated rings. The first kappa shape index (κ1) is 13.0. The third-order valence-electron chi connectivity index (χ3n) is 4.10. The van der Waals surface area contributed by atoms with E-state index in [4.69, 9.17) is 0 Å². The van der Waals surface area contributed by atoms with E-state index in [2.05, 4.69) is 10.3 Å². The van der Waals surface area contributed by atoms with Gasteiger partial charge in [0.15, 0.2) is 0 Å². The van der Waals surface area contributed by atoms with Crippen molar-refractivity contribution in [2.24, 2.45) is 0 Å². The molecule has 3 rings (SSSR count). The van der Waals surface area contributed by atoms with Crippen molar-refractivity contribution >= 4 is 5.82 Å². The van der Waals surface area contributed by atoms with E-state index >= 15 is 0 Å². The molecule has 4 nitrogen and oxygen atoms in total. The molecule has 106 valence electrons. The Bertz CT molecular complexity index is 621. The number of para-hydroxylation sites is 1. The maximum absolute atomic E-state index is 12.2. The van der Waals surface area contributed by atoms with Crippen LogP contribution in [-0.4, -0.2) is 15.6 Å². The number of nitrogens with one attached hydrogen (secondary N) is 2. The lowest BCUT2D eigenvalue weighted by molar-refractivity contribution is 0.462. The van der Waals surface area contributed by atoms with Crippen LogP contribution < -0.4 is 11.0 Å². The Hall–Kier alpha value is -1.97. The van der Waals surface area contributed by atoms with Gasteiger partial charge in [0.25, 0.3) is 0 Å². The molecule has 20 heavy (non-hydrogen) atoms. The monoisotopic (exact) mass is 271 g/mol. The second-order valence-electron chi connectivity index (χ2n) is 5.54. The molecule has 0 aliphatic heterocycles. The highest BCUT2D eigenvalue weighted by atomic mass is 16.1. The van der Waals surface area contributed by atoms with E-state index in [9.17, 15) is 4.79 Å². The summed E-state index contributed by atoms with van der Waals surface area (Å²) in [6.45, 7) is 1.98. The van der Waals surface area contributed by atoms with Crippen LogP contribution in [0.1, 0.15) is 37.8 Å². The van der Waals surface area contributed by atoms with Gasteiger partial charge in [-0.05, 0) is 31.9 Å². The van der Waals surface area contributed by atoms with Gasteiger partial charge in [0.1, 0.15) is 5.82 Å². The maximum Gasteiger partial charge on any atom is 0.331 e. The lowest BCUT2D eigenvalue weighted by Crippen LogP contribution is -2.23. The average molecular weight is 271 g/mol.